The van der Waals surface area contributed by atoms with Crippen molar-refractivity contribution in [2.24, 2.45) is 4.99 Å². The van der Waals surface area contributed by atoms with Crippen molar-refractivity contribution in [1.82, 2.24) is 14.7 Å². The second-order valence-corrected chi connectivity index (χ2v) is 6.13. The van der Waals surface area contributed by atoms with Gasteiger partial charge in [0.1, 0.15) is 17.7 Å². The van der Waals surface area contributed by atoms with E-state index in [1.165, 1.54) is 0 Å². The molecule has 0 aliphatic carbocycles. The van der Waals surface area contributed by atoms with Crippen LogP contribution in [0.15, 0.2) is 46.5 Å². The minimum atomic E-state index is -3.49. The van der Waals surface area contributed by atoms with Crippen LogP contribution in [-0.4, -0.2) is 24.2 Å². The van der Waals surface area contributed by atoms with Gasteiger partial charge < -0.3 is 4.98 Å². The molecule has 0 saturated carbocycles. The predicted molar refractivity (Wildman–Crippen MR) is 74.9 cm³/mol. The topological polar surface area (TPSA) is 87.2 Å². The minimum absolute atomic E-state index is 0.200. The van der Waals surface area contributed by atoms with Crippen molar-refractivity contribution in [2.45, 2.75) is 24.3 Å². The molecule has 1 atom stereocenters. The van der Waals surface area contributed by atoms with Gasteiger partial charge in [-0.05, 0) is 18.6 Å². The number of aliphatic imine (C=N–C) groups is 1. The Morgan fingerprint density at radius 2 is 2.15 bits per heavy atom. The van der Waals surface area contributed by atoms with Gasteiger partial charge in [-0.25, -0.2) is 13.4 Å². The molecule has 2 heterocycles. The molecule has 3 rings (SSSR count). The summed E-state index contributed by atoms with van der Waals surface area (Å²) >= 11 is 0. The lowest BCUT2D eigenvalue weighted by Crippen LogP contribution is -2.23. The number of H-pyrrole nitrogens is 1. The number of benzene rings is 1. The summed E-state index contributed by atoms with van der Waals surface area (Å²) in [7, 11) is -3.49. The average Bonchev–Trinajstić information content (AvgIpc) is 3.04. The van der Waals surface area contributed by atoms with Gasteiger partial charge in [0.2, 0.25) is 0 Å². The molecule has 0 radical (unpaired) electrons. The van der Waals surface area contributed by atoms with Gasteiger partial charge in [-0.2, -0.15) is 0 Å². The molecule has 6 nitrogen and oxygen atoms in total. The lowest BCUT2D eigenvalue weighted by Gasteiger charge is -2.08. The van der Waals surface area contributed by atoms with E-state index in [2.05, 4.69) is 19.7 Å². The second kappa shape index (κ2) is 4.75. The number of rotatable bonds is 3. The summed E-state index contributed by atoms with van der Waals surface area (Å²) < 4.78 is 26.5. The van der Waals surface area contributed by atoms with Crippen LogP contribution in [0.4, 0.5) is 0 Å². The van der Waals surface area contributed by atoms with Gasteiger partial charge in [-0.1, -0.05) is 19.1 Å². The van der Waals surface area contributed by atoms with Crippen LogP contribution in [-0.2, 0) is 10.0 Å². The van der Waals surface area contributed by atoms with E-state index in [0.29, 0.717) is 11.4 Å². The maximum atomic E-state index is 12.0. The lowest BCUT2D eigenvalue weighted by molar-refractivity contribution is 0.594. The first-order valence-electron chi connectivity index (χ1n) is 6.31. The van der Waals surface area contributed by atoms with E-state index < -0.39 is 10.0 Å². The van der Waals surface area contributed by atoms with Crippen molar-refractivity contribution in [2.75, 3.05) is 0 Å². The third kappa shape index (κ3) is 2.09. The molecule has 0 spiro atoms. The molecule has 1 aliphatic rings. The number of fused-ring (bicyclic) bond motifs is 1. The molecular formula is C13H14N4O2S. The maximum Gasteiger partial charge on any atom is 0.263 e. The van der Waals surface area contributed by atoms with Crippen molar-refractivity contribution < 1.29 is 8.42 Å². The van der Waals surface area contributed by atoms with E-state index in [1.54, 1.807) is 36.7 Å². The zero-order valence-corrected chi connectivity index (χ0v) is 11.7. The summed E-state index contributed by atoms with van der Waals surface area (Å²) in [5, 5.41) is 0. The highest BCUT2D eigenvalue weighted by Crippen LogP contribution is 2.25. The Morgan fingerprint density at radius 1 is 1.35 bits per heavy atom. The Balaban J connectivity index is 2.06. The van der Waals surface area contributed by atoms with Crippen molar-refractivity contribution in [3.63, 3.8) is 0 Å². The molecule has 0 fully saturated rings. The first-order valence-corrected chi connectivity index (χ1v) is 7.79. The quantitative estimate of drug-likeness (QED) is 0.900. The van der Waals surface area contributed by atoms with Crippen molar-refractivity contribution in [1.29, 1.82) is 0 Å². The number of hydrogen-bond donors (Lipinski definition) is 2. The van der Waals surface area contributed by atoms with E-state index in [1.807, 2.05) is 6.92 Å². The summed E-state index contributed by atoms with van der Waals surface area (Å²) in [5.41, 5.74) is 0.609. The van der Waals surface area contributed by atoms with Crippen LogP contribution in [0.3, 0.4) is 0 Å². The van der Waals surface area contributed by atoms with Crippen molar-refractivity contribution in [3.05, 3.63) is 48.0 Å². The normalized spacial score (nSPS) is 19.6. The fraction of sp³-hybridized carbons (Fsp3) is 0.231. The number of sulfonamides is 1. The van der Waals surface area contributed by atoms with Gasteiger partial charge in [0, 0.05) is 18.0 Å². The minimum Gasteiger partial charge on any atom is -0.347 e. The van der Waals surface area contributed by atoms with Gasteiger partial charge in [-0.15, -0.1) is 0 Å². The monoisotopic (exact) mass is 290 g/mol. The van der Waals surface area contributed by atoms with Gasteiger partial charge in [0.05, 0.1) is 4.90 Å². The van der Waals surface area contributed by atoms with Crippen LogP contribution < -0.4 is 4.72 Å². The second-order valence-electron chi connectivity index (χ2n) is 4.48. The zero-order chi connectivity index (χ0) is 14.2. The van der Waals surface area contributed by atoms with Crippen LogP contribution in [0, 0.1) is 0 Å². The SMILES string of the molecule is CCC(N=C1NS(=O)(=O)c2ccccc21)c1ncc[nH]1. The van der Waals surface area contributed by atoms with Crippen LogP contribution in [0.25, 0.3) is 0 Å². The molecule has 1 aliphatic heterocycles. The summed E-state index contributed by atoms with van der Waals surface area (Å²) in [5.74, 6) is 1.10. The number of nitrogens with one attached hydrogen (secondary N) is 2. The molecule has 1 aromatic heterocycles. The van der Waals surface area contributed by atoms with Crippen LogP contribution in [0.5, 0.6) is 0 Å². The molecule has 0 amide bonds. The van der Waals surface area contributed by atoms with Crippen molar-refractivity contribution in [3.8, 4) is 0 Å². The smallest absolute Gasteiger partial charge is 0.263 e. The van der Waals surface area contributed by atoms with Gasteiger partial charge >= 0.3 is 0 Å². The number of hydrogen-bond acceptors (Lipinski definition) is 4. The molecule has 1 aromatic carbocycles. The van der Waals surface area contributed by atoms with Gasteiger partial charge in [0.25, 0.3) is 10.0 Å². The largest absolute Gasteiger partial charge is 0.347 e. The standard InChI is InChI=1S/C13H14N4O2S/c1-2-10(13-14-7-8-15-13)16-12-9-5-3-4-6-11(9)20(18,19)17-12/h3-8,10H,2H2,1H3,(H,14,15)(H,16,17). The predicted octanol–water partition coefficient (Wildman–Crippen LogP) is 1.60. The maximum absolute atomic E-state index is 12.0. The molecule has 104 valence electrons. The fourth-order valence-corrected chi connectivity index (χ4v) is 3.43. The Morgan fingerprint density at radius 3 is 2.85 bits per heavy atom. The number of aromatic amines is 1. The summed E-state index contributed by atoms with van der Waals surface area (Å²) in [6, 6.07) is 6.62. The van der Waals surface area contributed by atoms with E-state index in [-0.39, 0.29) is 10.9 Å². The Hall–Kier alpha value is -2.15. The van der Waals surface area contributed by atoms with Crippen LogP contribution in [0.2, 0.25) is 0 Å². The summed E-state index contributed by atoms with van der Waals surface area (Å²) in [4.78, 5) is 12.0. The van der Waals surface area contributed by atoms with Gasteiger partial charge in [0.15, 0.2) is 0 Å². The van der Waals surface area contributed by atoms with Gasteiger partial charge in [-0.3, -0.25) is 9.71 Å². The Bertz CT molecular complexity index is 750. The summed E-state index contributed by atoms with van der Waals surface area (Å²) in [6.07, 6.45) is 4.11. The van der Waals surface area contributed by atoms with E-state index in [0.717, 1.165) is 12.2 Å². The lowest BCUT2D eigenvalue weighted by atomic mass is 10.2. The van der Waals surface area contributed by atoms with Crippen molar-refractivity contribution >= 4 is 15.9 Å². The number of amidine groups is 1. The average molecular weight is 290 g/mol. The third-order valence-electron chi connectivity index (χ3n) is 3.17. The Labute approximate surface area is 117 Å². The summed E-state index contributed by atoms with van der Waals surface area (Å²) in [6.45, 7) is 1.98. The molecule has 1 unspecified atom stereocenters. The highest BCUT2D eigenvalue weighted by molar-refractivity contribution is 7.90. The molecule has 7 heteroatoms. The number of nitrogens with zero attached hydrogens (tertiary/aromatic N) is 2. The number of aromatic nitrogens is 2. The van der Waals surface area contributed by atoms with Crippen LogP contribution in [0.1, 0.15) is 30.8 Å². The van der Waals surface area contributed by atoms with Crippen LogP contribution >= 0.6 is 0 Å². The molecule has 0 bridgehead atoms. The molecule has 2 N–H and O–H groups in total. The fourth-order valence-electron chi connectivity index (χ4n) is 2.19. The Kier molecular flexibility index (Phi) is 3.06. The molecule has 2 aromatic rings. The van der Waals surface area contributed by atoms with E-state index in [9.17, 15) is 8.42 Å². The molecular weight excluding hydrogens is 276 g/mol. The molecule has 0 saturated heterocycles. The molecule has 20 heavy (non-hydrogen) atoms. The highest BCUT2D eigenvalue weighted by Gasteiger charge is 2.31. The third-order valence-corrected chi connectivity index (χ3v) is 4.57. The number of imidazole rings is 1. The first-order chi connectivity index (χ1) is 9.62. The first kappa shape index (κ1) is 12.9. The van der Waals surface area contributed by atoms with E-state index >= 15 is 0 Å². The zero-order valence-electron chi connectivity index (χ0n) is 10.9. The van der Waals surface area contributed by atoms with E-state index in [4.69, 9.17) is 0 Å². The highest BCUT2D eigenvalue weighted by atomic mass is 32.2.